The summed E-state index contributed by atoms with van der Waals surface area (Å²) in [6.45, 7) is 10.1. The molecule has 26 heavy (non-hydrogen) atoms. The highest BCUT2D eigenvalue weighted by Gasteiger charge is 2.60. The highest BCUT2D eigenvalue weighted by Crippen LogP contribution is 2.42. The van der Waals surface area contributed by atoms with Crippen molar-refractivity contribution in [1.82, 2.24) is 4.90 Å². The number of rotatable bonds is 6. The minimum Gasteiger partial charge on any atom is -0.444 e. The molecule has 0 bridgehead atoms. The van der Waals surface area contributed by atoms with Crippen LogP contribution in [0.25, 0.3) is 0 Å². The van der Waals surface area contributed by atoms with Crippen molar-refractivity contribution in [3.63, 3.8) is 0 Å². The number of hydrogen-bond donors (Lipinski definition) is 1. The Morgan fingerprint density at radius 2 is 2.08 bits per heavy atom. The van der Waals surface area contributed by atoms with Gasteiger partial charge in [-0.15, -0.1) is 0 Å². The molecular formula is C19H33NO6. The Hall–Kier alpha value is -1.34. The third-order valence-corrected chi connectivity index (χ3v) is 4.95. The number of carbonyl (C=O) groups is 2. The van der Waals surface area contributed by atoms with Crippen molar-refractivity contribution < 1.29 is 28.9 Å². The van der Waals surface area contributed by atoms with Gasteiger partial charge in [0, 0.05) is 19.6 Å². The fraction of sp³-hybridized carbons (Fsp3) is 0.895. The van der Waals surface area contributed by atoms with Crippen LogP contribution in [-0.2, 0) is 19.0 Å². The van der Waals surface area contributed by atoms with Crippen molar-refractivity contribution in [2.45, 2.75) is 90.3 Å². The molecule has 150 valence electrons. The second kappa shape index (κ2) is 8.13. The fourth-order valence-corrected chi connectivity index (χ4v) is 3.84. The molecule has 1 unspecified atom stereocenters. The second-order valence-corrected chi connectivity index (χ2v) is 8.12. The summed E-state index contributed by atoms with van der Waals surface area (Å²) in [5.41, 5.74) is -0.616. The molecule has 2 rings (SSSR count). The van der Waals surface area contributed by atoms with Crippen LogP contribution in [0, 0.1) is 5.92 Å². The third-order valence-electron chi connectivity index (χ3n) is 4.95. The first-order chi connectivity index (χ1) is 12.1. The Bertz CT molecular complexity index is 517. The van der Waals surface area contributed by atoms with Gasteiger partial charge in [0.2, 0.25) is 5.79 Å². The molecule has 0 spiro atoms. The van der Waals surface area contributed by atoms with Crippen molar-refractivity contribution in [2.24, 2.45) is 5.92 Å². The van der Waals surface area contributed by atoms with Gasteiger partial charge in [0.05, 0.1) is 6.04 Å². The molecule has 7 heteroatoms. The summed E-state index contributed by atoms with van der Waals surface area (Å²) < 4.78 is 16.7. The van der Waals surface area contributed by atoms with Gasteiger partial charge in [0.1, 0.15) is 17.6 Å². The minimum absolute atomic E-state index is 0.335. The lowest BCUT2D eigenvalue weighted by Gasteiger charge is -2.34. The summed E-state index contributed by atoms with van der Waals surface area (Å²) in [4.78, 5) is 26.7. The maximum Gasteiger partial charge on any atom is 0.410 e. The van der Waals surface area contributed by atoms with Crippen LogP contribution in [0.5, 0.6) is 0 Å². The van der Waals surface area contributed by atoms with E-state index < -0.39 is 41.5 Å². The summed E-state index contributed by atoms with van der Waals surface area (Å²) in [5, 5.41) is 11.0. The number of likely N-dealkylation sites (tertiary alicyclic amines) is 1. The summed E-state index contributed by atoms with van der Waals surface area (Å²) >= 11 is 0. The topological polar surface area (TPSA) is 85.3 Å². The number of cyclic esters (lactones) is 1. The highest BCUT2D eigenvalue weighted by molar-refractivity contribution is 5.79. The van der Waals surface area contributed by atoms with Gasteiger partial charge in [0.25, 0.3) is 0 Å². The van der Waals surface area contributed by atoms with Gasteiger partial charge < -0.3 is 24.2 Å². The number of aliphatic hydroxyl groups is 1. The predicted molar refractivity (Wildman–Crippen MR) is 95.4 cm³/mol. The lowest BCUT2D eigenvalue weighted by molar-refractivity contribution is -0.245. The molecule has 7 nitrogen and oxygen atoms in total. The quantitative estimate of drug-likeness (QED) is 0.723. The zero-order chi connectivity index (χ0) is 19.5. The van der Waals surface area contributed by atoms with Crippen LogP contribution in [0.1, 0.15) is 66.7 Å². The SMILES string of the molecule is CCCC[C@]1(OCC)OC(=O)[C@H](C2CCCN2C(=O)OC(C)(C)C)[C@@H]1O. The van der Waals surface area contributed by atoms with E-state index in [4.69, 9.17) is 14.2 Å². The Morgan fingerprint density at radius 3 is 2.65 bits per heavy atom. The number of hydrogen-bond acceptors (Lipinski definition) is 6. The van der Waals surface area contributed by atoms with Crippen LogP contribution in [0.3, 0.4) is 0 Å². The molecule has 0 aromatic heterocycles. The zero-order valence-corrected chi connectivity index (χ0v) is 16.6. The van der Waals surface area contributed by atoms with Gasteiger partial charge >= 0.3 is 12.1 Å². The molecule has 1 amide bonds. The minimum atomic E-state index is -1.31. The summed E-state index contributed by atoms with van der Waals surface area (Å²) in [6, 6.07) is -0.434. The monoisotopic (exact) mass is 371 g/mol. The molecule has 0 radical (unpaired) electrons. The number of esters is 1. The fourth-order valence-electron chi connectivity index (χ4n) is 3.84. The highest BCUT2D eigenvalue weighted by atomic mass is 16.7. The van der Waals surface area contributed by atoms with E-state index in [9.17, 15) is 14.7 Å². The molecule has 2 heterocycles. The molecule has 0 aliphatic carbocycles. The Morgan fingerprint density at radius 1 is 1.38 bits per heavy atom. The van der Waals surface area contributed by atoms with Crippen molar-refractivity contribution in [3.05, 3.63) is 0 Å². The predicted octanol–water partition coefficient (Wildman–Crippen LogP) is 2.84. The van der Waals surface area contributed by atoms with E-state index in [1.54, 1.807) is 25.7 Å². The molecule has 2 saturated heterocycles. The van der Waals surface area contributed by atoms with Crippen LogP contribution in [-0.4, -0.2) is 58.8 Å². The van der Waals surface area contributed by atoms with E-state index >= 15 is 0 Å². The van der Waals surface area contributed by atoms with E-state index in [0.717, 1.165) is 19.3 Å². The first-order valence-corrected chi connectivity index (χ1v) is 9.69. The van der Waals surface area contributed by atoms with E-state index in [1.165, 1.54) is 0 Å². The van der Waals surface area contributed by atoms with Crippen LogP contribution < -0.4 is 0 Å². The second-order valence-electron chi connectivity index (χ2n) is 8.12. The molecular weight excluding hydrogens is 338 g/mol. The molecule has 4 atom stereocenters. The van der Waals surface area contributed by atoms with E-state index in [2.05, 4.69) is 0 Å². The average molecular weight is 371 g/mol. The van der Waals surface area contributed by atoms with E-state index in [1.807, 2.05) is 13.8 Å². The van der Waals surface area contributed by atoms with Crippen LogP contribution in [0.4, 0.5) is 4.79 Å². The average Bonchev–Trinajstić information content (AvgIpc) is 3.08. The summed E-state index contributed by atoms with van der Waals surface area (Å²) in [6.07, 6.45) is 1.95. The molecule has 0 saturated carbocycles. The molecule has 2 fully saturated rings. The largest absolute Gasteiger partial charge is 0.444 e. The Balaban J connectivity index is 2.20. The van der Waals surface area contributed by atoms with Crippen molar-refractivity contribution in [2.75, 3.05) is 13.2 Å². The van der Waals surface area contributed by atoms with Crippen molar-refractivity contribution >= 4 is 12.1 Å². The summed E-state index contributed by atoms with van der Waals surface area (Å²) in [5.74, 6) is -2.62. The van der Waals surface area contributed by atoms with E-state index in [-0.39, 0.29) is 0 Å². The van der Waals surface area contributed by atoms with Crippen LogP contribution in [0.2, 0.25) is 0 Å². The number of amides is 1. The maximum absolute atomic E-state index is 12.6. The third kappa shape index (κ3) is 4.31. The molecule has 2 aliphatic heterocycles. The first-order valence-electron chi connectivity index (χ1n) is 9.69. The summed E-state index contributed by atoms with van der Waals surface area (Å²) in [7, 11) is 0. The number of nitrogens with zero attached hydrogens (tertiary/aromatic N) is 1. The molecule has 2 aliphatic rings. The number of unbranched alkanes of at least 4 members (excludes halogenated alkanes) is 1. The standard InChI is InChI=1S/C19H33NO6/c1-6-8-11-19(24-7-2)15(21)14(16(22)25-19)13-10-9-12-20(13)17(23)26-18(3,4)5/h13-15,21H,6-12H2,1-5H3/t13?,14-,15+,19+/m1/s1. The zero-order valence-electron chi connectivity index (χ0n) is 16.6. The Labute approximate surface area is 156 Å². The van der Waals surface area contributed by atoms with E-state index in [0.29, 0.717) is 26.0 Å². The van der Waals surface area contributed by atoms with Gasteiger partial charge in [0.15, 0.2) is 0 Å². The Kier molecular flexibility index (Phi) is 6.55. The smallest absolute Gasteiger partial charge is 0.410 e. The lowest BCUT2D eigenvalue weighted by Crippen LogP contribution is -2.50. The number of aliphatic hydroxyl groups excluding tert-OH is 1. The number of carbonyl (C=O) groups excluding carboxylic acids is 2. The van der Waals surface area contributed by atoms with Crippen molar-refractivity contribution in [3.8, 4) is 0 Å². The molecule has 1 N–H and O–H groups in total. The molecule has 0 aromatic carbocycles. The van der Waals surface area contributed by atoms with Gasteiger partial charge in [-0.3, -0.25) is 4.79 Å². The maximum atomic E-state index is 12.6. The number of ether oxygens (including phenoxy) is 3. The van der Waals surface area contributed by atoms with Gasteiger partial charge in [-0.25, -0.2) is 4.79 Å². The first kappa shape index (κ1) is 21.0. The normalized spacial score (nSPS) is 32.0. The van der Waals surface area contributed by atoms with Crippen molar-refractivity contribution in [1.29, 1.82) is 0 Å². The molecule has 0 aromatic rings. The van der Waals surface area contributed by atoms with Crippen LogP contribution in [0.15, 0.2) is 0 Å². The lowest BCUT2D eigenvalue weighted by atomic mass is 9.88. The van der Waals surface area contributed by atoms with Gasteiger partial charge in [-0.05, 0) is 47.0 Å². The van der Waals surface area contributed by atoms with Crippen LogP contribution >= 0.6 is 0 Å². The van der Waals surface area contributed by atoms with Gasteiger partial charge in [-0.2, -0.15) is 0 Å². The van der Waals surface area contributed by atoms with Gasteiger partial charge in [-0.1, -0.05) is 13.3 Å².